The second-order valence-corrected chi connectivity index (χ2v) is 8.18. The summed E-state index contributed by atoms with van der Waals surface area (Å²) in [5.74, 6) is 4.17. The Hall–Kier alpha value is -0.260. The number of rotatable bonds is 6. The van der Waals surface area contributed by atoms with E-state index in [-0.39, 0.29) is 0 Å². The van der Waals surface area contributed by atoms with Gasteiger partial charge in [-0.1, -0.05) is 20.8 Å². The first-order valence-electron chi connectivity index (χ1n) is 7.45. The third-order valence-corrected chi connectivity index (χ3v) is 6.56. The Balaban J connectivity index is 1.93. The Bertz CT molecular complexity index is 395. The lowest BCUT2D eigenvalue weighted by atomic mass is 10.2. The Morgan fingerprint density at radius 2 is 1.95 bits per heavy atom. The molecule has 1 aliphatic rings. The van der Waals surface area contributed by atoms with E-state index in [1.807, 2.05) is 24.2 Å². The molecular formula is C15H25N3S2. The highest BCUT2D eigenvalue weighted by Gasteiger charge is 2.28. The van der Waals surface area contributed by atoms with E-state index >= 15 is 0 Å². The van der Waals surface area contributed by atoms with Gasteiger partial charge in [0.15, 0.2) is 0 Å². The minimum Gasteiger partial charge on any atom is -0.312 e. The van der Waals surface area contributed by atoms with Crippen molar-refractivity contribution < 1.29 is 0 Å². The van der Waals surface area contributed by atoms with E-state index in [2.05, 4.69) is 47.8 Å². The number of aromatic nitrogens is 2. The van der Waals surface area contributed by atoms with E-state index in [4.69, 9.17) is 0 Å². The molecule has 1 aliphatic heterocycles. The summed E-state index contributed by atoms with van der Waals surface area (Å²) >= 11 is 4.09. The molecule has 20 heavy (non-hydrogen) atoms. The first kappa shape index (κ1) is 16.1. The van der Waals surface area contributed by atoms with Crippen molar-refractivity contribution in [2.24, 2.45) is 5.92 Å². The van der Waals surface area contributed by atoms with Crippen molar-refractivity contribution in [1.29, 1.82) is 0 Å². The summed E-state index contributed by atoms with van der Waals surface area (Å²) in [4.78, 5) is 9.23. The van der Waals surface area contributed by atoms with Crippen LogP contribution in [0.3, 0.4) is 0 Å². The fourth-order valence-corrected chi connectivity index (χ4v) is 5.26. The third kappa shape index (κ3) is 4.64. The summed E-state index contributed by atoms with van der Waals surface area (Å²) in [6, 6.07) is 0. The fraction of sp³-hybridized carbons (Fsp3) is 0.733. The number of nitrogens with one attached hydrogen (secondary N) is 1. The van der Waals surface area contributed by atoms with Gasteiger partial charge < -0.3 is 5.32 Å². The second kappa shape index (κ2) is 8.25. The van der Waals surface area contributed by atoms with Crippen molar-refractivity contribution in [2.45, 2.75) is 44.2 Å². The Kier molecular flexibility index (Phi) is 6.65. The Labute approximate surface area is 131 Å². The standard InChI is InChI=1S/C15H25N3S2/c1-4-13-14(20-6-5-19-13)15-17-9-12(10-18-15)8-16-7-11(2)3/h9-11,13-14,16H,4-8H2,1-3H3. The fourth-order valence-electron chi connectivity index (χ4n) is 2.25. The van der Waals surface area contributed by atoms with Crippen LogP contribution in [0.4, 0.5) is 0 Å². The van der Waals surface area contributed by atoms with E-state index in [1.165, 1.54) is 23.5 Å². The largest absolute Gasteiger partial charge is 0.312 e. The maximum absolute atomic E-state index is 4.61. The van der Waals surface area contributed by atoms with Crippen LogP contribution >= 0.6 is 23.5 Å². The van der Waals surface area contributed by atoms with E-state index < -0.39 is 0 Å². The van der Waals surface area contributed by atoms with Crippen LogP contribution in [-0.2, 0) is 6.54 Å². The minimum absolute atomic E-state index is 0.469. The molecule has 1 fully saturated rings. The van der Waals surface area contributed by atoms with Gasteiger partial charge in [0.05, 0.1) is 5.25 Å². The molecule has 1 N–H and O–H groups in total. The molecule has 1 saturated heterocycles. The lowest BCUT2D eigenvalue weighted by Crippen LogP contribution is -2.21. The zero-order valence-corrected chi connectivity index (χ0v) is 14.3. The Morgan fingerprint density at radius 3 is 2.60 bits per heavy atom. The van der Waals surface area contributed by atoms with E-state index in [0.717, 1.165) is 18.9 Å². The molecule has 3 nitrogen and oxygen atoms in total. The zero-order valence-electron chi connectivity index (χ0n) is 12.6. The molecule has 0 amide bonds. The van der Waals surface area contributed by atoms with Gasteiger partial charge in [0.2, 0.25) is 0 Å². The summed E-state index contributed by atoms with van der Waals surface area (Å²) in [6.45, 7) is 8.60. The molecule has 0 aliphatic carbocycles. The van der Waals surface area contributed by atoms with E-state index in [1.54, 1.807) is 0 Å². The molecule has 0 saturated carbocycles. The number of thioether (sulfide) groups is 2. The van der Waals surface area contributed by atoms with Gasteiger partial charge in [0, 0.05) is 41.3 Å². The molecule has 0 bridgehead atoms. The SMILES string of the molecule is CCC1SCCSC1c1ncc(CNCC(C)C)cn1. The molecule has 0 spiro atoms. The van der Waals surface area contributed by atoms with Crippen molar-refractivity contribution >= 4 is 23.5 Å². The van der Waals surface area contributed by atoms with Crippen LogP contribution in [0.25, 0.3) is 0 Å². The van der Waals surface area contributed by atoms with E-state index in [9.17, 15) is 0 Å². The van der Waals surface area contributed by atoms with Crippen molar-refractivity contribution in [3.05, 3.63) is 23.8 Å². The quantitative estimate of drug-likeness (QED) is 0.870. The molecule has 0 aromatic carbocycles. The molecule has 2 unspecified atom stereocenters. The van der Waals surface area contributed by atoms with Crippen molar-refractivity contribution in [3.8, 4) is 0 Å². The summed E-state index contributed by atoms with van der Waals surface area (Å²) in [7, 11) is 0. The molecule has 2 rings (SSSR count). The first-order valence-corrected chi connectivity index (χ1v) is 9.55. The predicted molar refractivity (Wildman–Crippen MR) is 90.3 cm³/mol. The molecular weight excluding hydrogens is 286 g/mol. The monoisotopic (exact) mass is 311 g/mol. The van der Waals surface area contributed by atoms with Gasteiger partial charge in [-0.2, -0.15) is 11.8 Å². The van der Waals surface area contributed by atoms with Crippen molar-refractivity contribution in [2.75, 3.05) is 18.1 Å². The average molecular weight is 312 g/mol. The predicted octanol–water partition coefficient (Wildman–Crippen LogP) is 3.52. The minimum atomic E-state index is 0.469. The summed E-state index contributed by atoms with van der Waals surface area (Å²) in [6.07, 6.45) is 5.17. The molecule has 112 valence electrons. The molecule has 0 radical (unpaired) electrons. The van der Waals surface area contributed by atoms with Gasteiger partial charge in [-0.3, -0.25) is 0 Å². The molecule has 1 aromatic rings. The number of hydrogen-bond acceptors (Lipinski definition) is 5. The van der Waals surface area contributed by atoms with Crippen LogP contribution < -0.4 is 5.32 Å². The summed E-state index contributed by atoms with van der Waals surface area (Å²) < 4.78 is 0. The highest BCUT2D eigenvalue weighted by Crippen LogP contribution is 2.42. The lowest BCUT2D eigenvalue weighted by Gasteiger charge is -2.28. The molecule has 2 atom stereocenters. The first-order chi connectivity index (χ1) is 9.70. The van der Waals surface area contributed by atoms with Gasteiger partial charge >= 0.3 is 0 Å². The maximum atomic E-state index is 4.61. The van der Waals surface area contributed by atoms with Crippen LogP contribution in [0, 0.1) is 5.92 Å². The average Bonchev–Trinajstić information content (AvgIpc) is 2.47. The summed E-state index contributed by atoms with van der Waals surface area (Å²) in [5, 5.41) is 4.57. The van der Waals surface area contributed by atoms with Gasteiger partial charge in [-0.05, 0) is 18.9 Å². The smallest absolute Gasteiger partial charge is 0.142 e. The maximum Gasteiger partial charge on any atom is 0.142 e. The summed E-state index contributed by atoms with van der Waals surface area (Å²) in [5.41, 5.74) is 1.18. The lowest BCUT2D eigenvalue weighted by molar-refractivity contribution is 0.551. The highest BCUT2D eigenvalue weighted by atomic mass is 32.2. The molecule has 2 heterocycles. The van der Waals surface area contributed by atoms with Crippen LogP contribution in [-0.4, -0.2) is 33.3 Å². The van der Waals surface area contributed by atoms with Crippen LogP contribution in [0.15, 0.2) is 12.4 Å². The third-order valence-electron chi connectivity index (χ3n) is 3.31. The van der Waals surface area contributed by atoms with Crippen LogP contribution in [0.2, 0.25) is 0 Å². The topological polar surface area (TPSA) is 37.8 Å². The van der Waals surface area contributed by atoms with Gasteiger partial charge in [0.25, 0.3) is 0 Å². The van der Waals surface area contributed by atoms with Gasteiger partial charge in [0.1, 0.15) is 5.82 Å². The van der Waals surface area contributed by atoms with Gasteiger partial charge in [-0.15, -0.1) is 11.8 Å². The number of nitrogens with zero attached hydrogens (tertiary/aromatic N) is 2. The van der Waals surface area contributed by atoms with Crippen molar-refractivity contribution in [3.63, 3.8) is 0 Å². The number of hydrogen-bond donors (Lipinski definition) is 1. The molecule has 1 aromatic heterocycles. The molecule has 5 heteroatoms. The normalized spacial score (nSPS) is 23.2. The van der Waals surface area contributed by atoms with Crippen LogP contribution in [0.1, 0.15) is 43.8 Å². The highest BCUT2D eigenvalue weighted by molar-refractivity contribution is 8.06. The van der Waals surface area contributed by atoms with Gasteiger partial charge in [-0.25, -0.2) is 9.97 Å². The van der Waals surface area contributed by atoms with E-state index in [0.29, 0.717) is 16.4 Å². The van der Waals surface area contributed by atoms with Crippen LogP contribution in [0.5, 0.6) is 0 Å². The second-order valence-electron chi connectivity index (χ2n) is 5.58. The Morgan fingerprint density at radius 1 is 1.25 bits per heavy atom. The zero-order chi connectivity index (χ0) is 14.4. The van der Waals surface area contributed by atoms with Crippen molar-refractivity contribution in [1.82, 2.24) is 15.3 Å².